The van der Waals surface area contributed by atoms with Crippen LogP contribution in [0.1, 0.15) is 13.3 Å². The molecule has 106 valence electrons. The molecule has 0 heterocycles. The number of hydrogen-bond acceptors (Lipinski definition) is 3. The van der Waals surface area contributed by atoms with Gasteiger partial charge in [0, 0.05) is 11.4 Å². The summed E-state index contributed by atoms with van der Waals surface area (Å²) in [4.78, 5) is 22.7. The van der Waals surface area contributed by atoms with Gasteiger partial charge >= 0.3 is 5.97 Å². The van der Waals surface area contributed by atoms with Crippen molar-refractivity contribution in [2.24, 2.45) is 0 Å². The van der Waals surface area contributed by atoms with E-state index in [1.165, 1.54) is 6.92 Å². The fourth-order valence-electron chi connectivity index (χ4n) is 1.38. The molecule has 0 fully saturated rings. The van der Waals surface area contributed by atoms with Crippen molar-refractivity contribution in [1.82, 2.24) is 5.32 Å². The lowest BCUT2D eigenvalue weighted by atomic mass is 10.2. The molecule has 0 aliphatic rings. The molecule has 0 aliphatic heterocycles. The highest BCUT2D eigenvalue weighted by molar-refractivity contribution is 6.30. The molecule has 20 heavy (non-hydrogen) atoms. The van der Waals surface area contributed by atoms with Crippen LogP contribution in [0, 0.1) is 12.3 Å². The van der Waals surface area contributed by atoms with E-state index in [9.17, 15) is 9.59 Å². The van der Waals surface area contributed by atoms with Crippen LogP contribution in [0.4, 0.5) is 0 Å². The fourth-order valence-corrected chi connectivity index (χ4v) is 1.50. The molecular formula is C14H14ClNO4. The molecule has 1 aromatic carbocycles. The Morgan fingerprint density at radius 3 is 2.55 bits per heavy atom. The van der Waals surface area contributed by atoms with Gasteiger partial charge in [-0.25, -0.2) is 4.79 Å². The molecule has 0 saturated heterocycles. The lowest BCUT2D eigenvalue weighted by Gasteiger charge is -2.17. The Balaban J connectivity index is 2.60. The molecule has 5 nitrogen and oxygen atoms in total. The summed E-state index contributed by atoms with van der Waals surface area (Å²) in [6.45, 7) is 1.51. The number of halogens is 1. The first-order chi connectivity index (χ1) is 9.43. The third-order valence-electron chi connectivity index (χ3n) is 2.43. The molecule has 0 spiro atoms. The summed E-state index contributed by atoms with van der Waals surface area (Å²) < 4.78 is 5.37. The van der Waals surface area contributed by atoms with Gasteiger partial charge in [0.1, 0.15) is 11.8 Å². The van der Waals surface area contributed by atoms with Crippen LogP contribution < -0.4 is 10.1 Å². The third kappa shape index (κ3) is 4.82. The minimum absolute atomic E-state index is 0.0886. The Labute approximate surface area is 121 Å². The summed E-state index contributed by atoms with van der Waals surface area (Å²) in [6, 6.07) is 5.35. The van der Waals surface area contributed by atoms with E-state index >= 15 is 0 Å². The van der Waals surface area contributed by atoms with Crippen molar-refractivity contribution in [2.45, 2.75) is 25.5 Å². The Morgan fingerprint density at radius 1 is 1.45 bits per heavy atom. The van der Waals surface area contributed by atoms with E-state index in [0.717, 1.165) is 0 Å². The van der Waals surface area contributed by atoms with Gasteiger partial charge in [-0.2, -0.15) is 0 Å². The Morgan fingerprint density at radius 2 is 2.05 bits per heavy atom. The number of aliphatic carboxylic acids is 1. The maximum absolute atomic E-state index is 11.8. The highest BCUT2D eigenvalue weighted by atomic mass is 35.5. The van der Waals surface area contributed by atoms with Crippen LogP contribution in [0.2, 0.25) is 5.02 Å². The second-order valence-electron chi connectivity index (χ2n) is 4.02. The molecule has 0 bridgehead atoms. The number of carbonyl (C=O) groups excluding carboxylic acids is 1. The van der Waals surface area contributed by atoms with Gasteiger partial charge in [0.2, 0.25) is 0 Å². The van der Waals surface area contributed by atoms with E-state index < -0.39 is 24.0 Å². The Kier molecular flexibility index (Phi) is 5.88. The molecule has 0 aromatic heterocycles. The molecule has 2 N–H and O–H groups in total. The standard InChI is InChI=1S/C14H14ClNO4/c1-3-4-12(14(18)19)16-13(17)9(2)20-11-7-5-10(15)6-8-11/h1,5-9,12H,4H2,2H3,(H,16,17)(H,18,19). The highest BCUT2D eigenvalue weighted by Gasteiger charge is 2.23. The molecule has 2 atom stereocenters. The number of ether oxygens (including phenoxy) is 1. The van der Waals surface area contributed by atoms with E-state index in [1.807, 2.05) is 0 Å². The predicted molar refractivity (Wildman–Crippen MR) is 74.6 cm³/mol. The van der Waals surface area contributed by atoms with Crippen LogP contribution in [0.25, 0.3) is 0 Å². The Bertz CT molecular complexity index is 521. The summed E-state index contributed by atoms with van der Waals surface area (Å²) in [5.74, 6) is 0.919. The van der Waals surface area contributed by atoms with E-state index in [1.54, 1.807) is 24.3 Å². The van der Waals surface area contributed by atoms with Crippen molar-refractivity contribution in [2.75, 3.05) is 0 Å². The fraction of sp³-hybridized carbons (Fsp3) is 0.286. The van der Waals surface area contributed by atoms with Gasteiger partial charge in [-0.1, -0.05) is 11.6 Å². The van der Waals surface area contributed by atoms with Crippen LogP contribution >= 0.6 is 11.6 Å². The quantitative estimate of drug-likeness (QED) is 0.783. The lowest BCUT2D eigenvalue weighted by molar-refractivity contribution is -0.142. The van der Waals surface area contributed by atoms with Crippen molar-refractivity contribution < 1.29 is 19.4 Å². The predicted octanol–water partition coefficient (Wildman–Crippen LogP) is 1.70. The van der Waals surface area contributed by atoms with E-state index in [-0.39, 0.29) is 6.42 Å². The summed E-state index contributed by atoms with van der Waals surface area (Å²) in [6.07, 6.45) is 4.11. The van der Waals surface area contributed by atoms with Gasteiger partial charge in [0.05, 0.1) is 0 Å². The zero-order chi connectivity index (χ0) is 15.1. The zero-order valence-corrected chi connectivity index (χ0v) is 11.6. The third-order valence-corrected chi connectivity index (χ3v) is 2.68. The number of amides is 1. The zero-order valence-electron chi connectivity index (χ0n) is 10.8. The smallest absolute Gasteiger partial charge is 0.327 e. The molecule has 1 amide bonds. The van der Waals surface area contributed by atoms with Gasteiger partial charge in [-0.05, 0) is 31.2 Å². The highest BCUT2D eigenvalue weighted by Crippen LogP contribution is 2.16. The van der Waals surface area contributed by atoms with Crippen molar-refractivity contribution in [1.29, 1.82) is 0 Å². The van der Waals surface area contributed by atoms with Crippen molar-refractivity contribution in [3.05, 3.63) is 29.3 Å². The second-order valence-corrected chi connectivity index (χ2v) is 4.46. The van der Waals surface area contributed by atoms with Crippen LogP contribution in [0.3, 0.4) is 0 Å². The molecule has 1 aromatic rings. The first-order valence-electron chi connectivity index (χ1n) is 5.83. The molecule has 0 aliphatic carbocycles. The molecular weight excluding hydrogens is 282 g/mol. The van der Waals surface area contributed by atoms with E-state index in [4.69, 9.17) is 27.9 Å². The number of carbonyl (C=O) groups is 2. The van der Waals surface area contributed by atoms with Crippen LogP contribution in [-0.2, 0) is 9.59 Å². The van der Waals surface area contributed by atoms with E-state index in [2.05, 4.69) is 11.2 Å². The van der Waals surface area contributed by atoms with Crippen LogP contribution in [0.15, 0.2) is 24.3 Å². The largest absolute Gasteiger partial charge is 0.481 e. The molecule has 6 heteroatoms. The number of carboxylic acids is 1. The van der Waals surface area contributed by atoms with Crippen LogP contribution in [-0.4, -0.2) is 29.1 Å². The summed E-state index contributed by atoms with van der Waals surface area (Å²) in [5.41, 5.74) is 0. The van der Waals surface area contributed by atoms with Crippen molar-refractivity contribution in [3.63, 3.8) is 0 Å². The maximum Gasteiger partial charge on any atom is 0.327 e. The normalized spacial score (nSPS) is 12.8. The maximum atomic E-state index is 11.8. The van der Waals surface area contributed by atoms with Gasteiger partial charge in [-0.3, -0.25) is 4.79 Å². The number of nitrogens with one attached hydrogen (secondary N) is 1. The topological polar surface area (TPSA) is 75.6 Å². The van der Waals surface area contributed by atoms with Gasteiger partial charge in [0.15, 0.2) is 6.10 Å². The SMILES string of the molecule is C#CCC(NC(=O)C(C)Oc1ccc(Cl)cc1)C(=O)O. The summed E-state index contributed by atoms with van der Waals surface area (Å²) in [7, 11) is 0. The number of terminal acetylenes is 1. The number of hydrogen-bond donors (Lipinski definition) is 2. The number of benzene rings is 1. The monoisotopic (exact) mass is 295 g/mol. The average molecular weight is 296 g/mol. The molecule has 2 unspecified atom stereocenters. The Hall–Kier alpha value is -2.19. The van der Waals surface area contributed by atoms with Gasteiger partial charge in [0.25, 0.3) is 5.91 Å². The first kappa shape index (κ1) is 15.9. The lowest BCUT2D eigenvalue weighted by Crippen LogP contribution is -2.46. The number of carboxylic acid groups (broad SMARTS) is 1. The summed E-state index contributed by atoms with van der Waals surface area (Å²) in [5, 5.41) is 11.8. The minimum Gasteiger partial charge on any atom is -0.481 e. The molecule has 0 radical (unpaired) electrons. The summed E-state index contributed by atoms with van der Waals surface area (Å²) >= 11 is 5.73. The van der Waals surface area contributed by atoms with Gasteiger partial charge < -0.3 is 15.2 Å². The minimum atomic E-state index is -1.19. The van der Waals surface area contributed by atoms with Gasteiger partial charge in [-0.15, -0.1) is 12.3 Å². The van der Waals surface area contributed by atoms with Crippen molar-refractivity contribution >= 4 is 23.5 Å². The van der Waals surface area contributed by atoms with Crippen molar-refractivity contribution in [3.8, 4) is 18.1 Å². The average Bonchev–Trinajstić information content (AvgIpc) is 2.40. The first-order valence-corrected chi connectivity index (χ1v) is 6.20. The number of rotatable bonds is 6. The molecule has 1 rings (SSSR count). The van der Waals surface area contributed by atoms with E-state index in [0.29, 0.717) is 10.8 Å². The molecule has 0 saturated carbocycles. The second kappa shape index (κ2) is 7.41. The van der Waals surface area contributed by atoms with Crippen LogP contribution in [0.5, 0.6) is 5.75 Å².